The summed E-state index contributed by atoms with van der Waals surface area (Å²) in [5.41, 5.74) is 2.93. The van der Waals surface area contributed by atoms with Crippen LogP contribution in [0.2, 0.25) is 0 Å². The molecule has 1 fully saturated rings. The molecule has 0 radical (unpaired) electrons. The van der Waals surface area contributed by atoms with Gasteiger partial charge in [-0.1, -0.05) is 90.7 Å². The highest BCUT2D eigenvalue weighted by atomic mass is 32.2. The number of hydrogen-bond donors (Lipinski definition) is 2. The Bertz CT molecular complexity index is 1600. The Morgan fingerprint density at radius 1 is 1.03 bits per heavy atom. The molecule has 5 rings (SSSR count). The molecule has 38 heavy (non-hydrogen) atoms. The number of nitrogens with one attached hydrogen (secondary N) is 1. The molecule has 0 spiro atoms. The molecule has 1 aliphatic heterocycles. The second kappa shape index (κ2) is 10.9. The van der Waals surface area contributed by atoms with E-state index in [2.05, 4.69) is 5.32 Å². The lowest BCUT2D eigenvalue weighted by Gasteiger charge is -2.23. The Kier molecular flexibility index (Phi) is 7.42. The predicted octanol–water partition coefficient (Wildman–Crippen LogP) is 5.11. The molecule has 3 heterocycles. The summed E-state index contributed by atoms with van der Waals surface area (Å²) in [5, 5.41) is 13.8. The van der Waals surface area contributed by atoms with Crippen molar-refractivity contribution < 1.29 is 9.90 Å². The van der Waals surface area contributed by atoms with E-state index in [1.807, 2.05) is 80.6 Å². The SMILES string of the molecule is Cc1cccn2c(=O)c(/C=C3\SC(=S)N([C@H](C)c4ccccc4)C3=O)c(NC[C@@H](O)c3ccccc3)nc12. The van der Waals surface area contributed by atoms with Crippen LogP contribution in [0.5, 0.6) is 0 Å². The van der Waals surface area contributed by atoms with Crippen LogP contribution in [-0.2, 0) is 4.79 Å². The third kappa shape index (κ3) is 5.00. The number of thiocarbonyl (C=S) groups is 1. The molecule has 0 unspecified atom stereocenters. The summed E-state index contributed by atoms with van der Waals surface area (Å²) < 4.78 is 1.89. The van der Waals surface area contributed by atoms with Crippen LogP contribution in [0.1, 0.15) is 41.3 Å². The molecule has 0 aliphatic carbocycles. The van der Waals surface area contributed by atoms with Gasteiger partial charge in [-0.3, -0.25) is 18.9 Å². The normalized spacial score (nSPS) is 16.3. The van der Waals surface area contributed by atoms with Crippen LogP contribution < -0.4 is 10.9 Å². The molecular formula is C29H26N4O3S2. The number of carbonyl (C=O) groups excluding carboxylic acids is 1. The first-order valence-corrected chi connectivity index (χ1v) is 13.4. The number of aryl methyl sites for hydroxylation is 1. The maximum Gasteiger partial charge on any atom is 0.267 e. The Hall–Kier alpha value is -3.79. The molecule has 2 atom stereocenters. The van der Waals surface area contributed by atoms with E-state index in [9.17, 15) is 14.7 Å². The summed E-state index contributed by atoms with van der Waals surface area (Å²) in [5.74, 6) is 0.0287. The van der Waals surface area contributed by atoms with Gasteiger partial charge in [-0.05, 0) is 42.7 Å². The summed E-state index contributed by atoms with van der Waals surface area (Å²) in [6.07, 6.45) is 2.39. The predicted molar refractivity (Wildman–Crippen MR) is 156 cm³/mol. The lowest BCUT2D eigenvalue weighted by Crippen LogP contribution is -2.31. The first-order valence-electron chi connectivity index (χ1n) is 12.2. The highest BCUT2D eigenvalue weighted by molar-refractivity contribution is 8.26. The molecule has 0 bridgehead atoms. The molecule has 2 aromatic heterocycles. The number of nitrogens with zero attached hydrogens (tertiary/aromatic N) is 3. The molecular weight excluding hydrogens is 516 g/mol. The maximum atomic E-state index is 13.6. The molecule has 2 N–H and O–H groups in total. The molecule has 7 nitrogen and oxygen atoms in total. The zero-order chi connectivity index (χ0) is 26.8. The van der Waals surface area contributed by atoms with Gasteiger partial charge in [-0.15, -0.1) is 0 Å². The Balaban J connectivity index is 1.53. The van der Waals surface area contributed by atoms with Gasteiger partial charge in [0.15, 0.2) is 0 Å². The molecule has 0 saturated carbocycles. The van der Waals surface area contributed by atoms with Gasteiger partial charge in [0.25, 0.3) is 11.5 Å². The quantitative estimate of drug-likeness (QED) is 0.248. The van der Waals surface area contributed by atoms with E-state index in [4.69, 9.17) is 17.2 Å². The van der Waals surface area contributed by atoms with E-state index in [1.54, 1.807) is 23.2 Å². The molecule has 1 amide bonds. The van der Waals surface area contributed by atoms with Crippen LogP contribution in [-0.4, -0.2) is 36.2 Å². The molecule has 192 valence electrons. The van der Waals surface area contributed by atoms with E-state index in [0.717, 1.165) is 28.5 Å². The highest BCUT2D eigenvalue weighted by Crippen LogP contribution is 2.38. The number of aliphatic hydroxyl groups is 1. The van der Waals surface area contributed by atoms with Gasteiger partial charge >= 0.3 is 0 Å². The number of benzene rings is 2. The minimum Gasteiger partial charge on any atom is -0.387 e. The summed E-state index contributed by atoms with van der Waals surface area (Å²) in [4.78, 5) is 33.8. The summed E-state index contributed by atoms with van der Waals surface area (Å²) >= 11 is 6.73. The first-order chi connectivity index (χ1) is 18.3. The monoisotopic (exact) mass is 542 g/mol. The van der Waals surface area contributed by atoms with Gasteiger partial charge in [-0.25, -0.2) is 4.98 Å². The third-order valence-corrected chi connectivity index (χ3v) is 7.83. The van der Waals surface area contributed by atoms with Gasteiger partial charge in [-0.2, -0.15) is 0 Å². The Morgan fingerprint density at radius 3 is 2.37 bits per heavy atom. The average molecular weight is 543 g/mol. The summed E-state index contributed by atoms with van der Waals surface area (Å²) in [6, 6.07) is 22.3. The van der Waals surface area contributed by atoms with Crippen molar-refractivity contribution in [1.82, 2.24) is 14.3 Å². The zero-order valence-corrected chi connectivity index (χ0v) is 22.5. The van der Waals surface area contributed by atoms with Gasteiger partial charge < -0.3 is 10.4 Å². The number of aliphatic hydroxyl groups excluding tert-OH is 1. The van der Waals surface area contributed by atoms with Crippen LogP contribution in [0.15, 0.2) is 88.7 Å². The third-order valence-electron chi connectivity index (χ3n) is 6.50. The molecule has 1 saturated heterocycles. The number of hydrogen-bond acceptors (Lipinski definition) is 7. The van der Waals surface area contributed by atoms with Gasteiger partial charge in [0.1, 0.15) is 15.8 Å². The second-order valence-electron chi connectivity index (χ2n) is 9.01. The average Bonchev–Trinajstić information content (AvgIpc) is 3.22. The van der Waals surface area contributed by atoms with Crippen LogP contribution in [0, 0.1) is 6.92 Å². The Morgan fingerprint density at radius 2 is 1.68 bits per heavy atom. The van der Waals surface area contributed by atoms with Gasteiger partial charge in [0.2, 0.25) is 0 Å². The van der Waals surface area contributed by atoms with E-state index in [-0.39, 0.29) is 29.6 Å². The number of pyridine rings is 1. The number of rotatable bonds is 7. The van der Waals surface area contributed by atoms with Crippen molar-refractivity contribution in [3.63, 3.8) is 0 Å². The standard InChI is InChI=1S/C29H26N4O3S2/c1-18-10-9-15-32-26(18)31-25(30-17-23(34)21-13-7-4-8-14-21)22(27(32)35)16-24-28(36)33(29(37)38-24)19(2)20-11-5-3-6-12-20/h3-16,19,23,30,34H,17H2,1-2H3/b24-16-/t19-,23-/m1/s1. The smallest absolute Gasteiger partial charge is 0.267 e. The van der Waals surface area contributed by atoms with E-state index < -0.39 is 6.10 Å². The first kappa shape index (κ1) is 25.8. The van der Waals surface area contributed by atoms with E-state index in [0.29, 0.717) is 20.7 Å². The number of amides is 1. The fourth-order valence-electron chi connectivity index (χ4n) is 4.39. The van der Waals surface area contributed by atoms with E-state index >= 15 is 0 Å². The largest absolute Gasteiger partial charge is 0.387 e. The highest BCUT2D eigenvalue weighted by Gasteiger charge is 2.36. The Labute approximate surface area is 229 Å². The van der Waals surface area contributed by atoms with Crippen molar-refractivity contribution >= 4 is 51.7 Å². The van der Waals surface area contributed by atoms with Crippen molar-refractivity contribution in [2.24, 2.45) is 0 Å². The molecule has 4 aromatic rings. The van der Waals surface area contributed by atoms with Crippen molar-refractivity contribution in [3.8, 4) is 0 Å². The lowest BCUT2D eigenvalue weighted by atomic mass is 10.1. The number of anilines is 1. The fourth-order valence-corrected chi connectivity index (χ4v) is 5.79. The van der Waals surface area contributed by atoms with E-state index in [1.165, 1.54) is 4.40 Å². The minimum atomic E-state index is -0.814. The number of aromatic nitrogens is 2. The topological polar surface area (TPSA) is 86.9 Å². The number of thioether (sulfide) groups is 1. The molecule has 1 aliphatic rings. The van der Waals surface area contributed by atoms with Crippen molar-refractivity contribution in [2.75, 3.05) is 11.9 Å². The summed E-state index contributed by atoms with van der Waals surface area (Å²) in [7, 11) is 0. The maximum absolute atomic E-state index is 13.6. The second-order valence-corrected chi connectivity index (χ2v) is 10.7. The van der Waals surface area contributed by atoms with Crippen LogP contribution in [0.3, 0.4) is 0 Å². The van der Waals surface area contributed by atoms with Crippen molar-refractivity contribution in [3.05, 3.63) is 117 Å². The summed E-state index contributed by atoms with van der Waals surface area (Å²) in [6.45, 7) is 3.93. The number of carbonyl (C=O) groups is 1. The minimum absolute atomic E-state index is 0.130. The lowest BCUT2D eigenvalue weighted by molar-refractivity contribution is -0.123. The van der Waals surface area contributed by atoms with Gasteiger partial charge in [0, 0.05) is 12.7 Å². The van der Waals surface area contributed by atoms with Crippen LogP contribution in [0.4, 0.5) is 5.82 Å². The van der Waals surface area contributed by atoms with Crippen molar-refractivity contribution in [2.45, 2.75) is 26.0 Å². The van der Waals surface area contributed by atoms with Crippen LogP contribution in [0.25, 0.3) is 11.7 Å². The van der Waals surface area contributed by atoms with Crippen LogP contribution >= 0.6 is 24.0 Å². The van der Waals surface area contributed by atoms with Gasteiger partial charge in [0.05, 0.1) is 22.6 Å². The number of fused-ring (bicyclic) bond motifs is 1. The zero-order valence-electron chi connectivity index (χ0n) is 20.9. The molecule has 9 heteroatoms. The fraction of sp³-hybridized carbons (Fsp3) is 0.172. The molecule has 2 aromatic carbocycles. The van der Waals surface area contributed by atoms with Crippen molar-refractivity contribution in [1.29, 1.82) is 0 Å².